The summed E-state index contributed by atoms with van der Waals surface area (Å²) in [6.45, 7) is 0.728. The van der Waals surface area contributed by atoms with Crippen molar-refractivity contribution < 1.29 is 9.53 Å². The van der Waals surface area contributed by atoms with Crippen molar-refractivity contribution in [2.45, 2.75) is 6.42 Å². The van der Waals surface area contributed by atoms with E-state index in [0.717, 1.165) is 23.8 Å². The molecule has 0 aliphatic carbocycles. The zero-order valence-electron chi connectivity index (χ0n) is 10.8. The largest absolute Gasteiger partial charge is 0.465 e. The smallest absolute Gasteiger partial charge is 0.350 e. The molecule has 0 fully saturated rings. The number of rotatable bonds is 5. The number of carbonyl (C=O) groups excluding carboxylic acids is 1. The number of imidazole rings is 1. The van der Waals surface area contributed by atoms with Gasteiger partial charge < -0.3 is 20.4 Å². The van der Waals surface area contributed by atoms with E-state index in [9.17, 15) is 4.79 Å². The summed E-state index contributed by atoms with van der Waals surface area (Å²) in [7, 11) is 3.30. The quantitative estimate of drug-likeness (QED) is 0.811. The lowest BCUT2D eigenvalue weighted by Crippen LogP contribution is -2.07. The Labute approximate surface area is 115 Å². The van der Waals surface area contributed by atoms with Crippen LogP contribution in [0.5, 0.6) is 0 Å². The molecule has 7 heteroatoms. The zero-order valence-corrected chi connectivity index (χ0v) is 11.7. The number of nitrogens with two attached hydrogens (primary N) is 1. The number of aryl methyl sites for hydroxylation is 1. The Morgan fingerprint density at radius 3 is 3.05 bits per heavy atom. The predicted molar refractivity (Wildman–Crippen MR) is 75.5 cm³/mol. The first-order valence-electron chi connectivity index (χ1n) is 5.79. The van der Waals surface area contributed by atoms with Crippen LogP contribution in [0.2, 0.25) is 0 Å². The minimum Gasteiger partial charge on any atom is -0.465 e. The number of carbonyl (C=O) groups is 1. The van der Waals surface area contributed by atoms with Crippen molar-refractivity contribution in [3.8, 4) is 0 Å². The molecule has 0 spiro atoms. The monoisotopic (exact) mass is 280 g/mol. The van der Waals surface area contributed by atoms with Crippen LogP contribution < -0.4 is 11.1 Å². The molecule has 0 aliphatic rings. The molecule has 2 aromatic heterocycles. The standard InChI is InChI=1S/C12H16N4O2S/c1-16-6-5-14-9(16)3-4-15-10-7-8(13)11(19-10)12(17)18-2/h5-7,15H,3-4,13H2,1-2H3. The maximum absolute atomic E-state index is 11.4. The highest BCUT2D eigenvalue weighted by molar-refractivity contribution is 7.18. The number of nitrogens with zero attached hydrogens (tertiary/aromatic N) is 2. The fourth-order valence-electron chi connectivity index (χ4n) is 1.68. The van der Waals surface area contributed by atoms with E-state index in [-0.39, 0.29) is 0 Å². The maximum Gasteiger partial charge on any atom is 0.350 e. The number of methoxy groups -OCH3 is 1. The Hall–Kier alpha value is -2.02. The zero-order chi connectivity index (χ0) is 13.8. The molecule has 2 heterocycles. The highest BCUT2D eigenvalue weighted by Crippen LogP contribution is 2.29. The van der Waals surface area contributed by atoms with Gasteiger partial charge in [0.05, 0.1) is 17.8 Å². The van der Waals surface area contributed by atoms with Gasteiger partial charge in [0, 0.05) is 32.4 Å². The molecule has 0 unspecified atom stereocenters. The number of nitrogens with one attached hydrogen (secondary N) is 1. The summed E-state index contributed by atoms with van der Waals surface area (Å²) in [5, 5.41) is 4.08. The molecule has 2 aromatic rings. The molecule has 0 saturated carbocycles. The second-order valence-electron chi connectivity index (χ2n) is 4.02. The van der Waals surface area contributed by atoms with Gasteiger partial charge in [-0.3, -0.25) is 0 Å². The molecule has 0 atom stereocenters. The van der Waals surface area contributed by atoms with Gasteiger partial charge in [-0.1, -0.05) is 0 Å². The second kappa shape index (κ2) is 5.75. The molecule has 0 aromatic carbocycles. The van der Waals surface area contributed by atoms with Gasteiger partial charge >= 0.3 is 5.97 Å². The lowest BCUT2D eigenvalue weighted by molar-refractivity contribution is 0.0607. The number of aromatic nitrogens is 2. The van der Waals surface area contributed by atoms with Crippen LogP contribution >= 0.6 is 11.3 Å². The number of esters is 1. The summed E-state index contributed by atoms with van der Waals surface area (Å²) in [5.74, 6) is 0.602. The number of ether oxygens (including phenoxy) is 1. The molecule has 3 N–H and O–H groups in total. The van der Waals surface area contributed by atoms with Crippen molar-refractivity contribution in [2.24, 2.45) is 7.05 Å². The Kier molecular flexibility index (Phi) is 4.06. The number of thiophene rings is 1. The summed E-state index contributed by atoms with van der Waals surface area (Å²) in [5.41, 5.74) is 6.20. The minimum absolute atomic E-state index is 0.403. The van der Waals surface area contributed by atoms with E-state index in [4.69, 9.17) is 5.73 Å². The van der Waals surface area contributed by atoms with Gasteiger partial charge in [0.2, 0.25) is 0 Å². The van der Waals surface area contributed by atoms with Crippen LogP contribution in [0.1, 0.15) is 15.5 Å². The number of hydrogen-bond acceptors (Lipinski definition) is 6. The third kappa shape index (κ3) is 3.05. The lowest BCUT2D eigenvalue weighted by Gasteiger charge is -2.03. The average molecular weight is 280 g/mol. The SMILES string of the molecule is COC(=O)c1sc(NCCc2nccn2C)cc1N. The molecule has 102 valence electrons. The van der Waals surface area contributed by atoms with E-state index in [0.29, 0.717) is 10.6 Å². The van der Waals surface area contributed by atoms with Gasteiger partial charge in [0.25, 0.3) is 0 Å². The van der Waals surface area contributed by atoms with Gasteiger partial charge in [-0.2, -0.15) is 0 Å². The van der Waals surface area contributed by atoms with Crippen molar-refractivity contribution in [3.05, 3.63) is 29.2 Å². The highest BCUT2D eigenvalue weighted by atomic mass is 32.1. The highest BCUT2D eigenvalue weighted by Gasteiger charge is 2.14. The second-order valence-corrected chi connectivity index (χ2v) is 5.07. The molecule has 6 nitrogen and oxygen atoms in total. The predicted octanol–water partition coefficient (Wildman–Crippen LogP) is 1.50. The fourth-order valence-corrected chi connectivity index (χ4v) is 2.60. The maximum atomic E-state index is 11.4. The molecule has 0 radical (unpaired) electrons. The minimum atomic E-state index is -0.403. The molecule has 0 aliphatic heterocycles. The fraction of sp³-hybridized carbons (Fsp3) is 0.333. The van der Waals surface area contributed by atoms with Crippen LogP contribution in [0, 0.1) is 0 Å². The van der Waals surface area contributed by atoms with Crippen LogP contribution in [0.3, 0.4) is 0 Å². The number of anilines is 2. The summed E-state index contributed by atoms with van der Waals surface area (Å²) in [6, 6.07) is 1.75. The normalized spacial score (nSPS) is 10.4. The Morgan fingerprint density at radius 2 is 2.42 bits per heavy atom. The molecule has 0 amide bonds. The van der Waals surface area contributed by atoms with Crippen LogP contribution in [-0.4, -0.2) is 29.2 Å². The van der Waals surface area contributed by atoms with E-state index in [1.807, 2.05) is 17.8 Å². The number of hydrogen-bond donors (Lipinski definition) is 2. The topological polar surface area (TPSA) is 82.2 Å². The van der Waals surface area contributed by atoms with E-state index < -0.39 is 5.97 Å². The van der Waals surface area contributed by atoms with E-state index in [2.05, 4.69) is 15.0 Å². The molecule has 2 rings (SSSR count). The Balaban J connectivity index is 1.93. The van der Waals surface area contributed by atoms with E-state index in [1.165, 1.54) is 18.4 Å². The lowest BCUT2D eigenvalue weighted by atomic mass is 10.4. The van der Waals surface area contributed by atoms with Crippen LogP contribution in [-0.2, 0) is 18.2 Å². The van der Waals surface area contributed by atoms with Crippen molar-refractivity contribution >= 4 is 28.0 Å². The Bertz CT molecular complexity index is 576. The third-order valence-electron chi connectivity index (χ3n) is 2.70. The third-order valence-corrected chi connectivity index (χ3v) is 3.79. The van der Waals surface area contributed by atoms with Crippen molar-refractivity contribution in [2.75, 3.05) is 24.7 Å². The van der Waals surface area contributed by atoms with Gasteiger partial charge in [-0.15, -0.1) is 11.3 Å². The summed E-state index contributed by atoms with van der Waals surface area (Å²) in [6.07, 6.45) is 4.48. The van der Waals surface area contributed by atoms with Gasteiger partial charge in [0.1, 0.15) is 10.7 Å². The first kappa shape index (κ1) is 13.4. The van der Waals surface area contributed by atoms with Crippen molar-refractivity contribution in [1.29, 1.82) is 0 Å². The summed E-state index contributed by atoms with van der Waals surface area (Å²) >= 11 is 1.30. The van der Waals surface area contributed by atoms with Gasteiger partial charge in [-0.25, -0.2) is 9.78 Å². The van der Waals surface area contributed by atoms with E-state index >= 15 is 0 Å². The molecule has 19 heavy (non-hydrogen) atoms. The molecule has 0 bridgehead atoms. The average Bonchev–Trinajstić information content (AvgIpc) is 2.96. The summed E-state index contributed by atoms with van der Waals surface area (Å²) in [4.78, 5) is 16.1. The van der Waals surface area contributed by atoms with Crippen LogP contribution in [0.4, 0.5) is 10.7 Å². The molecular formula is C12H16N4O2S. The number of nitrogen functional groups attached to an aromatic ring is 1. The van der Waals surface area contributed by atoms with Crippen molar-refractivity contribution in [3.63, 3.8) is 0 Å². The summed E-state index contributed by atoms with van der Waals surface area (Å²) < 4.78 is 6.64. The molecular weight excluding hydrogens is 264 g/mol. The first-order chi connectivity index (χ1) is 9.11. The van der Waals surface area contributed by atoms with Crippen molar-refractivity contribution in [1.82, 2.24) is 9.55 Å². The van der Waals surface area contributed by atoms with E-state index in [1.54, 1.807) is 12.3 Å². The van der Waals surface area contributed by atoms with Crippen LogP contribution in [0.25, 0.3) is 0 Å². The first-order valence-corrected chi connectivity index (χ1v) is 6.61. The van der Waals surface area contributed by atoms with Gasteiger partial charge in [-0.05, 0) is 6.07 Å². The van der Waals surface area contributed by atoms with Crippen LogP contribution in [0.15, 0.2) is 18.5 Å². The Morgan fingerprint density at radius 1 is 1.63 bits per heavy atom. The van der Waals surface area contributed by atoms with Gasteiger partial charge in [0.15, 0.2) is 0 Å². The molecule has 0 saturated heterocycles.